The number of thiazole rings is 1. The molecule has 1 aromatic heterocycles. The first kappa shape index (κ1) is 20.5. The molecule has 0 radical (unpaired) electrons. The highest BCUT2D eigenvalue weighted by molar-refractivity contribution is 7.89. The Kier molecular flexibility index (Phi) is 5.74. The van der Waals surface area contributed by atoms with Crippen LogP contribution < -0.4 is 0 Å². The molecule has 0 N–H and O–H groups in total. The fourth-order valence-electron chi connectivity index (χ4n) is 3.77. The molecule has 2 aromatic rings. The van der Waals surface area contributed by atoms with Crippen LogP contribution in [0.4, 0.5) is 0 Å². The molecule has 1 aromatic carbocycles. The number of aryl methyl sites for hydroxylation is 2. The third-order valence-electron chi connectivity index (χ3n) is 5.54. The maximum atomic E-state index is 12.8. The zero-order valence-electron chi connectivity index (χ0n) is 16.8. The Balaban J connectivity index is 1.34. The molecule has 0 atom stereocenters. The van der Waals surface area contributed by atoms with Crippen molar-refractivity contribution in [3.05, 3.63) is 45.4 Å². The van der Waals surface area contributed by atoms with Gasteiger partial charge in [0, 0.05) is 50.7 Å². The van der Waals surface area contributed by atoms with Crippen LogP contribution in [0.25, 0.3) is 0 Å². The topological polar surface area (TPSA) is 73.8 Å². The van der Waals surface area contributed by atoms with Gasteiger partial charge in [-0.2, -0.15) is 0 Å². The number of nitrogens with zero attached hydrogens (tertiary/aromatic N) is 4. The highest BCUT2D eigenvalue weighted by Gasteiger charge is 2.25. The van der Waals surface area contributed by atoms with Gasteiger partial charge in [0.2, 0.25) is 10.0 Å². The predicted octanol–water partition coefficient (Wildman–Crippen LogP) is 1.84. The number of amides is 1. The van der Waals surface area contributed by atoms with E-state index in [0.29, 0.717) is 18.7 Å². The number of fused-ring (bicyclic) bond motifs is 1. The smallest absolute Gasteiger partial charge is 0.253 e. The molecule has 1 amide bonds. The van der Waals surface area contributed by atoms with Crippen LogP contribution in [0.5, 0.6) is 0 Å². The minimum Gasteiger partial charge on any atom is -0.336 e. The summed E-state index contributed by atoms with van der Waals surface area (Å²) in [6, 6.07) is 6.20. The molecule has 0 bridgehead atoms. The lowest BCUT2D eigenvalue weighted by molar-refractivity contribution is 0.0628. The van der Waals surface area contributed by atoms with E-state index in [-0.39, 0.29) is 10.8 Å². The highest BCUT2D eigenvalue weighted by atomic mass is 32.2. The molecular weight excluding hydrogens is 408 g/mol. The van der Waals surface area contributed by atoms with Gasteiger partial charge in [-0.3, -0.25) is 9.69 Å². The van der Waals surface area contributed by atoms with Crippen LogP contribution in [0, 0.1) is 0 Å². The lowest BCUT2D eigenvalue weighted by atomic mass is 10.2. The van der Waals surface area contributed by atoms with Gasteiger partial charge in [-0.25, -0.2) is 17.7 Å². The maximum absolute atomic E-state index is 12.8. The van der Waals surface area contributed by atoms with E-state index >= 15 is 0 Å². The molecule has 0 spiro atoms. The summed E-state index contributed by atoms with van der Waals surface area (Å²) in [5.74, 6) is -0.0494. The Hall–Kier alpha value is -1.81. The van der Waals surface area contributed by atoms with E-state index in [2.05, 4.69) is 4.90 Å². The van der Waals surface area contributed by atoms with E-state index in [1.54, 1.807) is 12.1 Å². The Bertz CT molecular complexity index is 970. The second kappa shape index (κ2) is 8.14. The van der Waals surface area contributed by atoms with E-state index in [9.17, 15) is 13.2 Å². The number of aromatic nitrogens is 1. The molecule has 1 saturated heterocycles. The SMILES string of the molecule is CN(C)S(=O)(=O)c1ccc(C(=O)N2CCN(Cc3nc4c(s3)CCC4)CC2)cc1. The zero-order valence-corrected chi connectivity index (χ0v) is 18.4. The van der Waals surface area contributed by atoms with Crippen LogP contribution >= 0.6 is 11.3 Å². The lowest BCUT2D eigenvalue weighted by Gasteiger charge is -2.34. The van der Waals surface area contributed by atoms with Gasteiger partial charge in [0.15, 0.2) is 0 Å². The summed E-state index contributed by atoms with van der Waals surface area (Å²) in [7, 11) is -0.497. The largest absolute Gasteiger partial charge is 0.336 e. The maximum Gasteiger partial charge on any atom is 0.253 e. The quantitative estimate of drug-likeness (QED) is 0.718. The number of benzene rings is 1. The van der Waals surface area contributed by atoms with E-state index < -0.39 is 10.0 Å². The van der Waals surface area contributed by atoms with Crippen LogP contribution in [0.3, 0.4) is 0 Å². The summed E-state index contributed by atoms with van der Waals surface area (Å²) < 4.78 is 25.5. The molecule has 0 unspecified atom stereocenters. The highest BCUT2D eigenvalue weighted by Crippen LogP contribution is 2.28. The van der Waals surface area contributed by atoms with E-state index in [4.69, 9.17) is 4.98 Å². The van der Waals surface area contributed by atoms with Crippen LogP contribution in [0.2, 0.25) is 0 Å². The van der Waals surface area contributed by atoms with Gasteiger partial charge in [0.25, 0.3) is 5.91 Å². The fourth-order valence-corrected chi connectivity index (χ4v) is 5.88. The van der Waals surface area contributed by atoms with Crippen molar-refractivity contribution >= 4 is 27.3 Å². The van der Waals surface area contributed by atoms with Crippen LogP contribution in [-0.2, 0) is 29.4 Å². The van der Waals surface area contributed by atoms with E-state index in [1.165, 1.54) is 59.0 Å². The van der Waals surface area contributed by atoms with Crippen molar-refractivity contribution in [2.75, 3.05) is 40.3 Å². The number of piperazine rings is 1. The summed E-state index contributed by atoms with van der Waals surface area (Å²) in [6.45, 7) is 3.84. The molecule has 0 saturated carbocycles. The summed E-state index contributed by atoms with van der Waals surface area (Å²) in [4.78, 5) is 23.4. The lowest BCUT2D eigenvalue weighted by Crippen LogP contribution is -2.48. The number of carbonyl (C=O) groups excluding carboxylic acids is 1. The Morgan fingerprint density at radius 1 is 1.10 bits per heavy atom. The first-order chi connectivity index (χ1) is 13.8. The van der Waals surface area contributed by atoms with Crippen LogP contribution in [0.15, 0.2) is 29.2 Å². The first-order valence-corrected chi connectivity index (χ1v) is 12.1. The molecule has 1 aliphatic carbocycles. The Morgan fingerprint density at radius 2 is 1.79 bits per heavy atom. The van der Waals surface area contributed by atoms with E-state index in [0.717, 1.165) is 26.1 Å². The third-order valence-corrected chi connectivity index (χ3v) is 8.51. The second-order valence-electron chi connectivity index (χ2n) is 7.71. The summed E-state index contributed by atoms with van der Waals surface area (Å²) in [5, 5.41) is 1.19. The monoisotopic (exact) mass is 434 g/mol. The van der Waals surface area contributed by atoms with Crippen molar-refractivity contribution in [1.82, 2.24) is 19.1 Å². The molecule has 4 rings (SSSR count). The van der Waals surface area contributed by atoms with Crippen molar-refractivity contribution in [2.45, 2.75) is 30.7 Å². The van der Waals surface area contributed by atoms with Gasteiger partial charge in [-0.15, -0.1) is 11.3 Å². The third kappa shape index (κ3) is 4.23. The molecule has 29 heavy (non-hydrogen) atoms. The Labute approximate surface area is 176 Å². The van der Waals surface area contributed by atoms with Crippen molar-refractivity contribution < 1.29 is 13.2 Å². The first-order valence-electron chi connectivity index (χ1n) is 9.86. The average molecular weight is 435 g/mol. The van der Waals surface area contributed by atoms with Crippen molar-refractivity contribution in [3.63, 3.8) is 0 Å². The van der Waals surface area contributed by atoms with Gasteiger partial charge in [0.05, 0.1) is 17.1 Å². The molecular formula is C20H26N4O3S2. The number of carbonyl (C=O) groups is 1. The van der Waals surface area contributed by atoms with Gasteiger partial charge in [0.1, 0.15) is 5.01 Å². The molecule has 7 nitrogen and oxygen atoms in total. The minimum atomic E-state index is -3.48. The number of hydrogen-bond donors (Lipinski definition) is 0. The standard InChI is InChI=1S/C20H26N4O3S2/c1-22(2)29(26,27)16-8-6-15(7-9-16)20(25)24-12-10-23(11-13-24)14-19-21-17-4-3-5-18(17)28-19/h6-9H,3-5,10-14H2,1-2H3. The number of hydrogen-bond acceptors (Lipinski definition) is 6. The van der Waals surface area contributed by atoms with Gasteiger partial charge < -0.3 is 4.90 Å². The van der Waals surface area contributed by atoms with Crippen LogP contribution in [-0.4, -0.2) is 73.7 Å². The fraction of sp³-hybridized carbons (Fsp3) is 0.500. The molecule has 1 fully saturated rings. The number of rotatable bonds is 5. The summed E-state index contributed by atoms with van der Waals surface area (Å²) >= 11 is 1.84. The number of sulfonamides is 1. The zero-order chi connectivity index (χ0) is 20.6. The minimum absolute atomic E-state index is 0.0494. The molecule has 2 heterocycles. The van der Waals surface area contributed by atoms with Gasteiger partial charge >= 0.3 is 0 Å². The van der Waals surface area contributed by atoms with Gasteiger partial charge in [-0.05, 0) is 43.5 Å². The van der Waals surface area contributed by atoms with Gasteiger partial charge in [-0.1, -0.05) is 0 Å². The average Bonchev–Trinajstić information content (AvgIpc) is 3.30. The summed E-state index contributed by atoms with van der Waals surface area (Å²) in [5.41, 5.74) is 1.81. The van der Waals surface area contributed by atoms with Crippen molar-refractivity contribution in [2.24, 2.45) is 0 Å². The van der Waals surface area contributed by atoms with Crippen molar-refractivity contribution in [3.8, 4) is 0 Å². The second-order valence-corrected chi connectivity index (χ2v) is 11.0. The normalized spacial score (nSPS) is 17.7. The predicted molar refractivity (Wildman–Crippen MR) is 113 cm³/mol. The molecule has 1 aliphatic heterocycles. The summed E-state index contributed by atoms with van der Waals surface area (Å²) in [6.07, 6.45) is 3.52. The Morgan fingerprint density at radius 3 is 2.41 bits per heavy atom. The van der Waals surface area contributed by atoms with Crippen molar-refractivity contribution in [1.29, 1.82) is 0 Å². The molecule has 156 valence electrons. The molecule has 2 aliphatic rings. The molecule has 9 heteroatoms. The van der Waals surface area contributed by atoms with Crippen LogP contribution in [0.1, 0.15) is 32.4 Å². The van der Waals surface area contributed by atoms with E-state index in [1.807, 2.05) is 16.2 Å².